The van der Waals surface area contributed by atoms with Crippen molar-refractivity contribution in [1.29, 1.82) is 0 Å². The van der Waals surface area contributed by atoms with Crippen molar-refractivity contribution in [1.82, 2.24) is 9.13 Å². The molecule has 90 valence electrons. The van der Waals surface area contributed by atoms with Crippen LogP contribution in [0.4, 0.5) is 0 Å². The molecule has 0 radical (unpaired) electrons. The molecule has 0 atom stereocenters. The van der Waals surface area contributed by atoms with Gasteiger partial charge in [0.25, 0.3) is 0 Å². The molecule has 0 spiro atoms. The molecule has 4 nitrogen and oxygen atoms in total. The van der Waals surface area contributed by atoms with E-state index in [0.29, 0.717) is 13.1 Å². The Hall–Kier alpha value is -1.81. The van der Waals surface area contributed by atoms with Crippen molar-refractivity contribution in [3.05, 3.63) is 58.3 Å². The van der Waals surface area contributed by atoms with Crippen molar-refractivity contribution in [2.24, 2.45) is 0 Å². The lowest BCUT2D eigenvalue weighted by molar-refractivity contribution is 0.282. The maximum absolute atomic E-state index is 11.8. The molecule has 0 bridgehead atoms. The van der Waals surface area contributed by atoms with Crippen molar-refractivity contribution in [2.45, 2.75) is 26.6 Å². The van der Waals surface area contributed by atoms with Crippen LogP contribution in [0, 0.1) is 0 Å². The molecule has 0 saturated heterocycles. The Kier molecular flexibility index (Phi) is 3.44. The highest BCUT2D eigenvalue weighted by atomic mass is 16.3. The average Bonchev–Trinajstić information content (AvgIpc) is 2.71. The molecule has 0 amide bonds. The normalized spacial score (nSPS) is 10.7. The van der Waals surface area contributed by atoms with E-state index in [1.54, 1.807) is 21.5 Å². The lowest BCUT2D eigenvalue weighted by Crippen LogP contribution is -2.23. The summed E-state index contributed by atoms with van der Waals surface area (Å²) in [7, 11) is 0. The summed E-state index contributed by atoms with van der Waals surface area (Å²) in [6, 6.07) is 7.61. The molecule has 1 aromatic carbocycles. The third kappa shape index (κ3) is 2.47. The molecule has 2 aromatic rings. The van der Waals surface area contributed by atoms with Gasteiger partial charge in [0.05, 0.1) is 13.2 Å². The number of aliphatic hydroxyl groups excluding tert-OH is 1. The second-order valence-corrected chi connectivity index (χ2v) is 3.97. The number of aliphatic hydroxyl groups is 1. The first-order chi connectivity index (χ1) is 8.24. The molecule has 1 heterocycles. The fourth-order valence-electron chi connectivity index (χ4n) is 1.76. The van der Waals surface area contributed by atoms with Crippen molar-refractivity contribution in [2.75, 3.05) is 0 Å². The van der Waals surface area contributed by atoms with Crippen molar-refractivity contribution >= 4 is 0 Å². The lowest BCUT2D eigenvalue weighted by atomic mass is 10.1. The summed E-state index contributed by atoms with van der Waals surface area (Å²) in [6.45, 7) is 3.25. The summed E-state index contributed by atoms with van der Waals surface area (Å²) in [5.41, 5.74) is 1.95. The standard InChI is InChI=1S/C13H16N2O2/c1-2-14-7-8-15(13(14)17)9-11-3-5-12(10-16)6-4-11/h3-8,16H,2,9-10H2,1H3. The van der Waals surface area contributed by atoms with E-state index in [9.17, 15) is 4.79 Å². The zero-order valence-corrected chi connectivity index (χ0v) is 9.84. The molecular weight excluding hydrogens is 216 g/mol. The molecule has 0 saturated carbocycles. The monoisotopic (exact) mass is 232 g/mol. The quantitative estimate of drug-likeness (QED) is 0.861. The lowest BCUT2D eigenvalue weighted by Gasteiger charge is -2.03. The first-order valence-electron chi connectivity index (χ1n) is 5.69. The molecule has 0 aliphatic heterocycles. The Balaban J connectivity index is 2.19. The zero-order chi connectivity index (χ0) is 12.3. The fraction of sp³-hybridized carbons (Fsp3) is 0.308. The van der Waals surface area contributed by atoms with Gasteiger partial charge in [-0.2, -0.15) is 0 Å². The fourth-order valence-corrected chi connectivity index (χ4v) is 1.76. The van der Waals surface area contributed by atoms with Crippen LogP contribution in [0.15, 0.2) is 41.5 Å². The minimum Gasteiger partial charge on any atom is -0.392 e. The van der Waals surface area contributed by atoms with E-state index < -0.39 is 0 Å². The Morgan fingerprint density at radius 3 is 2.18 bits per heavy atom. The van der Waals surface area contributed by atoms with Crippen LogP contribution >= 0.6 is 0 Å². The summed E-state index contributed by atoms with van der Waals surface area (Å²) in [6.07, 6.45) is 3.59. The average molecular weight is 232 g/mol. The van der Waals surface area contributed by atoms with E-state index in [2.05, 4.69) is 0 Å². The number of aryl methyl sites for hydroxylation is 1. The van der Waals surface area contributed by atoms with E-state index in [4.69, 9.17) is 5.11 Å². The number of hydrogen-bond acceptors (Lipinski definition) is 2. The molecule has 1 N–H and O–H groups in total. The predicted octanol–water partition coefficient (Wildman–Crippen LogP) is 1.21. The van der Waals surface area contributed by atoms with Crippen LogP contribution in [0.5, 0.6) is 0 Å². The van der Waals surface area contributed by atoms with Gasteiger partial charge in [0.1, 0.15) is 0 Å². The first kappa shape index (κ1) is 11.7. The molecule has 0 aliphatic carbocycles. The molecule has 0 unspecified atom stereocenters. The Morgan fingerprint density at radius 2 is 1.65 bits per heavy atom. The highest BCUT2D eigenvalue weighted by Crippen LogP contribution is 2.05. The Morgan fingerprint density at radius 1 is 1.06 bits per heavy atom. The smallest absolute Gasteiger partial charge is 0.328 e. The molecule has 0 aliphatic rings. The molecule has 0 fully saturated rings. The van der Waals surface area contributed by atoms with Gasteiger partial charge in [-0.25, -0.2) is 4.79 Å². The number of aromatic nitrogens is 2. The summed E-state index contributed by atoms with van der Waals surface area (Å²) in [5, 5.41) is 8.94. The van der Waals surface area contributed by atoms with Gasteiger partial charge in [0, 0.05) is 18.9 Å². The van der Waals surface area contributed by atoms with E-state index in [-0.39, 0.29) is 12.3 Å². The van der Waals surface area contributed by atoms with Gasteiger partial charge in [0.2, 0.25) is 0 Å². The SMILES string of the molecule is CCn1ccn(Cc2ccc(CO)cc2)c1=O. The summed E-state index contributed by atoms with van der Waals surface area (Å²) < 4.78 is 3.35. The first-order valence-corrected chi connectivity index (χ1v) is 5.69. The van der Waals surface area contributed by atoms with Crippen LogP contribution in [-0.2, 0) is 19.7 Å². The number of nitrogens with zero attached hydrogens (tertiary/aromatic N) is 2. The third-order valence-corrected chi connectivity index (χ3v) is 2.82. The van der Waals surface area contributed by atoms with Crippen LogP contribution < -0.4 is 5.69 Å². The van der Waals surface area contributed by atoms with Gasteiger partial charge >= 0.3 is 5.69 Å². The van der Waals surface area contributed by atoms with Crippen LogP contribution in [0.3, 0.4) is 0 Å². The molecule has 1 aromatic heterocycles. The Labute approximate surface area is 99.8 Å². The van der Waals surface area contributed by atoms with Crippen LogP contribution in [0.1, 0.15) is 18.1 Å². The van der Waals surface area contributed by atoms with Crippen LogP contribution in [0.2, 0.25) is 0 Å². The van der Waals surface area contributed by atoms with Crippen molar-refractivity contribution in [3.8, 4) is 0 Å². The topological polar surface area (TPSA) is 47.2 Å². The third-order valence-electron chi connectivity index (χ3n) is 2.82. The van der Waals surface area contributed by atoms with E-state index >= 15 is 0 Å². The minimum absolute atomic E-state index is 0.0127. The number of rotatable bonds is 4. The van der Waals surface area contributed by atoms with Gasteiger partial charge in [-0.1, -0.05) is 24.3 Å². The Bertz CT molecular complexity index is 537. The largest absolute Gasteiger partial charge is 0.392 e. The number of benzene rings is 1. The second kappa shape index (κ2) is 5.01. The highest BCUT2D eigenvalue weighted by Gasteiger charge is 2.02. The minimum atomic E-state index is 0.0127. The van der Waals surface area contributed by atoms with Gasteiger partial charge in [0.15, 0.2) is 0 Å². The molecule has 17 heavy (non-hydrogen) atoms. The highest BCUT2D eigenvalue weighted by molar-refractivity contribution is 5.22. The zero-order valence-electron chi connectivity index (χ0n) is 9.84. The summed E-state index contributed by atoms with van der Waals surface area (Å²) in [4.78, 5) is 11.8. The second-order valence-electron chi connectivity index (χ2n) is 3.97. The molecule has 2 rings (SSSR count). The van der Waals surface area contributed by atoms with Gasteiger partial charge in [-0.3, -0.25) is 9.13 Å². The number of hydrogen-bond donors (Lipinski definition) is 1. The van der Waals surface area contributed by atoms with Gasteiger partial charge in [-0.05, 0) is 18.1 Å². The van der Waals surface area contributed by atoms with E-state index in [1.165, 1.54) is 0 Å². The van der Waals surface area contributed by atoms with Gasteiger partial charge < -0.3 is 5.11 Å². The molecule has 4 heteroatoms. The van der Waals surface area contributed by atoms with E-state index in [1.807, 2.05) is 31.2 Å². The summed E-state index contributed by atoms with van der Waals surface area (Å²) in [5.74, 6) is 0. The van der Waals surface area contributed by atoms with Gasteiger partial charge in [-0.15, -0.1) is 0 Å². The maximum atomic E-state index is 11.8. The predicted molar refractivity (Wildman–Crippen MR) is 65.8 cm³/mol. The maximum Gasteiger partial charge on any atom is 0.328 e. The molecular formula is C13H16N2O2. The van der Waals surface area contributed by atoms with E-state index in [0.717, 1.165) is 11.1 Å². The summed E-state index contributed by atoms with van der Waals surface area (Å²) >= 11 is 0. The van der Waals surface area contributed by atoms with Crippen molar-refractivity contribution in [3.63, 3.8) is 0 Å². The van der Waals surface area contributed by atoms with Crippen molar-refractivity contribution < 1.29 is 5.11 Å². The number of imidazole rings is 1. The van der Waals surface area contributed by atoms with Crippen LogP contribution in [-0.4, -0.2) is 14.2 Å². The van der Waals surface area contributed by atoms with Crippen LogP contribution in [0.25, 0.3) is 0 Å².